The van der Waals surface area contributed by atoms with Gasteiger partial charge in [-0.25, -0.2) is 4.52 Å². The Morgan fingerprint density at radius 1 is 1.25 bits per heavy atom. The number of nitrogens with zero attached hydrogens (tertiary/aromatic N) is 3. The van der Waals surface area contributed by atoms with E-state index in [0.717, 1.165) is 16.8 Å². The van der Waals surface area contributed by atoms with Crippen LogP contribution >= 0.6 is 11.6 Å². The molecule has 3 aromatic rings. The van der Waals surface area contributed by atoms with Gasteiger partial charge >= 0.3 is 0 Å². The molecule has 126 valence electrons. The van der Waals surface area contributed by atoms with Gasteiger partial charge in [0.15, 0.2) is 5.82 Å². The van der Waals surface area contributed by atoms with Gasteiger partial charge in [0.2, 0.25) is 0 Å². The van der Waals surface area contributed by atoms with Crippen LogP contribution in [0.15, 0.2) is 29.1 Å². The minimum Gasteiger partial charge on any atom is -0.496 e. The zero-order valence-corrected chi connectivity index (χ0v) is 15.2. The summed E-state index contributed by atoms with van der Waals surface area (Å²) in [4.78, 5) is 13.0. The van der Waals surface area contributed by atoms with Crippen molar-refractivity contribution in [1.82, 2.24) is 14.2 Å². The number of rotatable bonds is 3. The lowest BCUT2D eigenvalue weighted by molar-refractivity contribution is 0.415. The predicted octanol–water partition coefficient (Wildman–Crippen LogP) is 3.79. The monoisotopic (exact) mass is 345 g/mol. The third-order valence-corrected chi connectivity index (χ3v) is 4.46. The van der Waals surface area contributed by atoms with Crippen LogP contribution in [0.4, 0.5) is 0 Å². The molecule has 0 bridgehead atoms. The van der Waals surface area contributed by atoms with E-state index >= 15 is 0 Å². The normalized spacial score (nSPS) is 11.5. The van der Waals surface area contributed by atoms with Gasteiger partial charge in [0.1, 0.15) is 11.3 Å². The largest absolute Gasteiger partial charge is 0.496 e. The van der Waals surface area contributed by atoms with Crippen LogP contribution in [0.1, 0.15) is 31.0 Å². The van der Waals surface area contributed by atoms with Gasteiger partial charge in [-0.2, -0.15) is 0 Å². The summed E-state index contributed by atoms with van der Waals surface area (Å²) < 4.78 is 8.70. The molecule has 0 fully saturated rings. The maximum Gasteiger partial charge on any atom is 0.278 e. The number of halogens is 1. The third-order valence-electron chi connectivity index (χ3n) is 4.23. The van der Waals surface area contributed by atoms with E-state index in [1.54, 1.807) is 35.4 Å². The lowest BCUT2D eigenvalue weighted by Crippen LogP contribution is -2.24. The van der Waals surface area contributed by atoms with Gasteiger partial charge < -0.3 is 4.74 Å². The Morgan fingerprint density at radius 3 is 2.58 bits per heavy atom. The van der Waals surface area contributed by atoms with Gasteiger partial charge in [-0.1, -0.05) is 25.4 Å². The fraction of sp³-hybridized carbons (Fsp3) is 0.333. The molecule has 6 heteroatoms. The molecule has 0 saturated carbocycles. The quantitative estimate of drug-likeness (QED) is 0.725. The SMILES string of the molecule is COc1cc(Cl)ccc1-c1nn2c(C)cc(C(C)C)c2c(=O)n1C. The summed E-state index contributed by atoms with van der Waals surface area (Å²) in [6.45, 7) is 6.10. The third kappa shape index (κ3) is 2.49. The highest BCUT2D eigenvalue weighted by molar-refractivity contribution is 6.30. The first kappa shape index (κ1) is 16.6. The van der Waals surface area contributed by atoms with Crippen molar-refractivity contribution in [3.63, 3.8) is 0 Å². The van der Waals surface area contributed by atoms with Crippen molar-refractivity contribution >= 4 is 17.1 Å². The number of benzene rings is 1. The first-order chi connectivity index (χ1) is 11.3. The summed E-state index contributed by atoms with van der Waals surface area (Å²) in [5.74, 6) is 1.37. The van der Waals surface area contributed by atoms with Crippen molar-refractivity contribution in [3.05, 3.63) is 50.9 Å². The molecule has 2 aromatic heterocycles. The topological polar surface area (TPSA) is 48.5 Å². The molecular formula is C18H20ClN3O2. The van der Waals surface area contributed by atoms with Crippen molar-refractivity contribution in [2.45, 2.75) is 26.7 Å². The molecule has 0 aliphatic carbocycles. The Bertz CT molecular complexity index is 986. The second kappa shape index (κ2) is 5.98. The van der Waals surface area contributed by atoms with Crippen LogP contribution in [0.2, 0.25) is 5.02 Å². The highest BCUT2D eigenvalue weighted by Crippen LogP contribution is 2.31. The maximum absolute atomic E-state index is 13.0. The van der Waals surface area contributed by atoms with E-state index < -0.39 is 0 Å². The molecule has 0 unspecified atom stereocenters. The lowest BCUT2D eigenvalue weighted by Gasteiger charge is -2.13. The van der Waals surface area contributed by atoms with Crippen LogP contribution in [0.5, 0.6) is 5.75 Å². The molecule has 0 atom stereocenters. The van der Waals surface area contributed by atoms with E-state index in [1.807, 2.05) is 19.1 Å². The van der Waals surface area contributed by atoms with Gasteiger partial charge in [-0.15, -0.1) is 5.10 Å². The van der Waals surface area contributed by atoms with Gasteiger partial charge in [0, 0.05) is 17.8 Å². The smallest absolute Gasteiger partial charge is 0.278 e. The summed E-state index contributed by atoms with van der Waals surface area (Å²) in [6, 6.07) is 7.32. The number of aromatic nitrogens is 3. The van der Waals surface area contributed by atoms with Gasteiger partial charge in [-0.3, -0.25) is 9.36 Å². The van der Waals surface area contributed by atoms with Crippen molar-refractivity contribution in [2.24, 2.45) is 7.05 Å². The molecule has 0 aliphatic heterocycles. The van der Waals surface area contributed by atoms with Crippen molar-refractivity contribution in [3.8, 4) is 17.1 Å². The summed E-state index contributed by atoms with van der Waals surface area (Å²) in [6.07, 6.45) is 0. The zero-order valence-electron chi connectivity index (χ0n) is 14.4. The Hall–Kier alpha value is -2.27. The predicted molar refractivity (Wildman–Crippen MR) is 96.3 cm³/mol. The standard InChI is InChI=1S/C18H20ClN3O2/c1-10(2)14-8-11(3)22-16(14)18(23)21(4)17(20-22)13-7-6-12(19)9-15(13)24-5/h6-10H,1-5H3. The van der Waals surface area contributed by atoms with E-state index in [0.29, 0.717) is 22.1 Å². The Labute approximate surface area is 145 Å². The van der Waals surface area contributed by atoms with Crippen molar-refractivity contribution in [2.75, 3.05) is 7.11 Å². The summed E-state index contributed by atoms with van der Waals surface area (Å²) >= 11 is 6.04. The van der Waals surface area contributed by atoms with Crippen LogP contribution in [-0.2, 0) is 7.05 Å². The molecule has 1 aromatic carbocycles. The molecule has 0 N–H and O–H groups in total. The Morgan fingerprint density at radius 2 is 1.96 bits per heavy atom. The summed E-state index contributed by atoms with van der Waals surface area (Å²) in [7, 11) is 3.30. The summed E-state index contributed by atoms with van der Waals surface area (Å²) in [5.41, 5.74) is 3.22. The fourth-order valence-corrected chi connectivity index (χ4v) is 3.10. The lowest BCUT2D eigenvalue weighted by atomic mass is 10.1. The molecule has 3 rings (SSSR count). The van der Waals surface area contributed by atoms with Gasteiger partial charge in [0.05, 0.1) is 12.7 Å². The average Bonchev–Trinajstić information content (AvgIpc) is 2.88. The maximum atomic E-state index is 13.0. The number of hydrogen-bond acceptors (Lipinski definition) is 3. The Balaban J connectivity index is 2.38. The highest BCUT2D eigenvalue weighted by Gasteiger charge is 2.19. The van der Waals surface area contributed by atoms with Crippen LogP contribution in [0.3, 0.4) is 0 Å². The van der Waals surface area contributed by atoms with Crippen molar-refractivity contribution in [1.29, 1.82) is 0 Å². The molecule has 0 radical (unpaired) electrons. The first-order valence-electron chi connectivity index (χ1n) is 7.78. The average molecular weight is 346 g/mol. The van der Waals surface area contributed by atoms with E-state index in [4.69, 9.17) is 21.4 Å². The van der Waals surface area contributed by atoms with E-state index in [1.165, 1.54) is 0 Å². The molecule has 0 aliphatic rings. The molecular weight excluding hydrogens is 326 g/mol. The fourth-order valence-electron chi connectivity index (χ4n) is 2.94. The second-order valence-electron chi connectivity index (χ2n) is 6.19. The van der Waals surface area contributed by atoms with Crippen LogP contribution in [-0.4, -0.2) is 21.3 Å². The van der Waals surface area contributed by atoms with Crippen LogP contribution in [0, 0.1) is 6.92 Å². The zero-order chi connectivity index (χ0) is 17.6. The molecule has 24 heavy (non-hydrogen) atoms. The molecule has 0 saturated heterocycles. The minimum atomic E-state index is -0.0752. The van der Waals surface area contributed by atoms with E-state index in [2.05, 4.69) is 13.8 Å². The number of hydrogen-bond donors (Lipinski definition) is 0. The first-order valence-corrected chi connectivity index (χ1v) is 8.16. The van der Waals surface area contributed by atoms with E-state index in [9.17, 15) is 4.79 Å². The molecule has 0 spiro atoms. The number of methoxy groups -OCH3 is 1. The number of ether oxygens (including phenoxy) is 1. The Kier molecular flexibility index (Phi) is 4.13. The van der Waals surface area contributed by atoms with Crippen LogP contribution < -0.4 is 10.3 Å². The number of aryl methyl sites for hydroxylation is 1. The molecule has 2 heterocycles. The van der Waals surface area contributed by atoms with Gasteiger partial charge in [-0.05, 0) is 42.7 Å². The van der Waals surface area contributed by atoms with Gasteiger partial charge in [0.25, 0.3) is 5.56 Å². The minimum absolute atomic E-state index is 0.0752. The van der Waals surface area contributed by atoms with Crippen molar-refractivity contribution < 1.29 is 4.74 Å². The van der Waals surface area contributed by atoms with E-state index in [-0.39, 0.29) is 11.5 Å². The number of fused-ring (bicyclic) bond motifs is 1. The second-order valence-corrected chi connectivity index (χ2v) is 6.62. The molecule has 0 amide bonds. The highest BCUT2D eigenvalue weighted by atomic mass is 35.5. The molecule has 5 nitrogen and oxygen atoms in total. The van der Waals surface area contributed by atoms with Crippen LogP contribution in [0.25, 0.3) is 16.9 Å². The summed E-state index contributed by atoms with van der Waals surface area (Å²) in [5, 5.41) is 5.27.